The summed E-state index contributed by atoms with van der Waals surface area (Å²) < 4.78 is 4.30. The number of ether oxygens (including phenoxy) is 1. The van der Waals surface area contributed by atoms with Gasteiger partial charge < -0.3 is 9.84 Å². The van der Waals surface area contributed by atoms with Gasteiger partial charge in [-0.15, -0.1) is 0 Å². The van der Waals surface area contributed by atoms with E-state index in [2.05, 4.69) is 11.5 Å². The Morgan fingerprint density at radius 2 is 2.00 bits per heavy atom. The van der Waals surface area contributed by atoms with Gasteiger partial charge in [-0.2, -0.15) is 10.5 Å². The fraction of sp³-hybridized carbons (Fsp3) is 0.571. The second-order valence-corrected chi connectivity index (χ2v) is 8.89. The van der Waals surface area contributed by atoms with Crippen LogP contribution < -0.4 is 0 Å². The lowest BCUT2D eigenvalue weighted by Crippen LogP contribution is -2.53. The van der Waals surface area contributed by atoms with Gasteiger partial charge in [-0.3, -0.25) is 4.79 Å². The highest BCUT2D eigenvalue weighted by Crippen LogP contribution is 2.65. The Kier molecular flexibility index (Phi) is 5.25. The molecule has 1 aromatic carbocycles. The Balaban J connectivity index is 2.26. The summed E-state index contributed by atoms with van der Waals surface area (Å²) in [5, 5.41) is 31.7. The number of carbonyl (C=O) groups is 1. The van der Waals surface area contributed by atoms with E-state index < -0.39 is 22.2 Å². The van der Waals surface area contributed by atoms with Crippen molar-refractivity contribution in [1.82, 2.24) is 0 Å². The zero-order valence-electron chi connectivity index (χ0n) is 15.9. The van der Waals surface area contributed by atoms with E-state index in [0.29, 0.717) is 24.8 Å². The number of benzene rings is 1. The van der Waals surface area contributed by atoms with Crippen molar-refractivity contribution in [2.24, 2.45) is 17.3 Å². The molecule has 2 aliphatic rings. The highest BCUT2D eigenvalue weighted by atomic mass is 32.2. The predicted molar refractivity (Wildman–Crippen MR) is 102 cm³/mol. The molecule has 0 amide bonds. The normalized spacial score (nSPS) is 34.5. The quantitative estimate of drug-likeness (QED) is 0.633. The Bertz CT molecular complexity index is 829. The molecule has 5 atom stereocenters. The van der Waals surface area contributed by atoms with Crippen molar-refractivity contribution in [2.75, 3.05) is 6.61 Å². The summed E-state index contributed by atoms with van der Waals surface area (Å²) >= 11 is 0.947. The summed E-state index contributed by atoms with van der Waals surface area (Å²) in [6, 6.07) is 7.54. The van der Waals surface area contributed by atoms with E-state index in [1.165, 1.54) is 0 Å². The van der Waals surface area contributed by atoms with E-state index in [1.807, 2.05) is 19.9 Å². The van der Waals surface area contributed by atoms with Crippen LogP contribution in [0.2, 0.25) is 0 Å². The number of rotatable bonds is 3. The monoisotopic (exact) mass is 384 g/mol. The first kappa shape index (κ1) is 19.7. The van der Waals surface area contributed by atoms with Crippen LogP contribution in [0.3, 0.4) is 0 Å². The van der Waals surface area contributed by atoms with Crippen molar-refractivity contribution >= 4 is 17.7 Å². The van der Waals surface area contributed by atoms with E-state index in [9.17, 15) is 20.4 Å². The first-order valence-corrected chi connectivity index (χ1v) is 10.1. The molecule has 0 heterocycles. The van der Waals surface area contributed by atoms with Crippen LogP contribution in [0.1, 0.15) is 50.3 Å². The van der Waals surface area contributed by atoms with Crippen molar-refractivity contribution in [3.63, 3.8) is 0 Å². The molecule has 0 aliphatic heterocycles. The predicted octanol–water partition coefficient (Wildman–Crippen LogP) is 3.50. The minimum absolute atomic E-state index is 0.00611. The first-order valence-electron chi connectivity index (χ1n) is 9.31. The molecular formula is C21H24N2O3S. The molecule has 142 valence electrons. The van der Waals surface area contributed by atoms with Crippen molar-refractivity contribution in [3.05, 3.63) is 34.9 Å². The summed E-state index contributed by atoms with van der Waals surface area (Å²) in [6.45, 7) is 5.98. The zero-order valence-corrected chi connectivity index (χ0v) is 16.7. The van der Waals surface area contributed by atoms with E-state index >= 15 is 0 Å². The maximum atomic E-state index is 13.3. The third kappa shape index (κ3) is 2.83. The Labute approximate surface area is 164 Å². The van der Waals surface area contributed by atoms with Crippen molar-refractivity contribution in [2.45, 2.75) is 50.9 Å². The molecular weight excluding hydrogens is 360 g/mol. The molecule has 27 heavy (non-hydrogen) atoms. The number of hydrogen-bond acceptors (Lipinski definition) is 6. The fourth-order valence-corrected chi connectivity index (χ4v) is 6.32. The summed E-state index contributed by atoms with van der Waals surface area (Å²) in [5.41, 5.74) is 1.66. The minimum atomic E-state index is -1.18. The van der Waals surface area contributed by atoms with Gasteiger partial charge in [-0.1, -0.05) is 19.9 Å². The molecule has 3 rings (SSSR count). The Morgan fingerprint density at radius 1 is 1.33 bits per heavy atom. The number of carbonyl (C=O) groups excluding carboxylic acids is 1. The van der Waals surface area contributed by atoms with E-state index in [4.69, 9.17) is 4.74 Å². The van der Waals surface area contributed by atoms with Crippen LogP contribution in [-0.2, 0) is 20.7 Å². The number of thiocyanates is 1. The summed E-state index contributed by atoms with van der Waals surface area (Å²) in [7, 11) is 0. The molecule has 6 heteroatoms. The zero-order chi connectivity index (χ0) is 19.8. The van der Waals surface area contributed by atoms with Crippen LogP contribution >= 0.6 is 11.8 Å². The fourth-order valence-electron chi connectivity index (χ4n) is 5.29. The second-order valence-electron chi connectivity index (χ2n) is 7.89. The standard InChI is InChI=1S/C21H24N2O3S/c1-4-26-19(25)21(27-12-23)17-7-15(11-22)5-6-16(17)10-20(21)8-13(2)18(24)14(3)9-20/h5-7,13-14,18,24H,4,8-10H2,1-3H3/t13-,14+,18?,20?,21-/m1/s1. The molecule has 1 saturated carbocycles. The number of hydrogen-bond donors (Lipinski definition) is 1. The third-order valence-corrected chi connectivity index (χ3v) is 7.46. The van der Waals surface area contributed by atoms with Gasteiger partial charge in [0, 0.05) is 5.41 Å². The first-order chi connectivity index (χ1) is 12.8. The number of aliphatic hydroxyl groups excluding tert-OH is 1. The molecule has 0 aromatic heterocycles. The molecule has 1 fully saturated rings. The van der Waals surface area contributed by atoms with Crippen molar-refractivity contribution < 1.29 is 14.6 Å². The van der Waals surface area contributed by atoms with Crippen LogP contribution in [-0.4, -0.2) is 23.8 Å². The average molecular weight is 385 g/mol. The molecule has 0 bridgehead atoms. The molecule has 0 radical (unpaired) electrons. The number of nitriles is 2. The summed E-state index contributed by atoms with van der Waals surface area (Å²) in [5.74, 6) is -0.403. The molecule has 0 saturated heterocycles. The summed E-state index contributed by atoms with van der Waals surface area (Å²) in [6.07, 6.45) is 1.47. The topological polar surface area (TPSA) is 94.1 Å². The van der Waals surface area contributed by atoms with Crippen LogP contribution in [0, 0.1) is 39.2 Å². The number of thioether (sulfide) groups is 1. The van der Waals surface area contributed by atoms with Crippen LogP contribution in [0.15, 0.2) is 18.2 Å². The maximum Gasteiger partial charge on any atom is 0.328 e. The maximum absolute atomic E-state index is 13.3. The number of nitrogens with zero attached hydrogens (tertiary/aromatic N) is 2. The lowest BCUT2D eigenvalue weighted by Gasteiger charge is -2.50. The SMILES string of the molecule is CCOC(=O)[C@]1(SC#N)c2cc(C#N)ccc2CC12C[C@@H](C)C(O)[C@@H](C)C2. The lowest BCUT2D eigenvalue weighted by atomic mass is 9.59. The number of fused-ring (bicyclic) bond motifs is 1. The van der Waals surface area contributed by atoms with Crippen molar-refractivity contribution in [3.8, 4) is 11.5 Å². The molecule has 2 aliphatic carbocycles. The highest BCUT2D eigenvalue weighted by molar-refractivity contribution is 8.05. The van der Waals surface area contributed by atoms with Gasteiger partial charge in [-0.05, 0) is 73.0 Å². The van der Waals surface area contributed by atoms with E-state index in [-0.39, 0.29) is 18.4 Å². The van der Waals surface area contributed by atoms with E-state index in [1.54, 1.807) is 19.1 Å². The molecule has 1 spiro atoms. The molecule has 1 aromatic rings. The van der Waals surface area contributed by atoms with Crippen LogP contribution in [0.5, 0.6) is 0 Å². The number of aliphatic hydroxyl groups is 1. The second kappa shape index (κ2) is 7.19. The largest absolute Gasteiger partial charge is 0.465 e. The van der Waals surface area contributed by atoms with Gasteiger partial charge >= 0.3 is 5.97 Å². The lowest BCUT2D eigenvalue weighted by molar-refractivity contribution is -0.153. The van der Waals surface area contributed by atoms with Crippen LogP contribution in [0.25, 0.3) is 0 Å². The minimum Gasteiger partial charge on any atom is -0.465 e. The van der Waals surface area contributed by atoms with Crippen LogP contribution in [0.4, 0.5) is 0 Å². The van der Waals surface area contributed by atoms with Crippen molar-refractivity contribution in [1.29, 1.82) is 10.5 Å². The highest BCUT2D eigenvalue weighted by Gasteiger charge is 2.66. The smallest absolute Gasteiger partial charge is 0.328 e. The molecule has 1 N–H and O–H groups in total. The van der Waals surface area contributed by atoms with Gasteiger partial charge in [0.2, 0.25) is 0 Å². The average Bonchev–Trinajstić information content (AvgIpc) is 2.89. The molecule has 5 nitrogen and oxygen atoms in total. The third-order valence-electron chi connectivity index (χ3n) is 6.25. The molecule has 2 unspecified atom stereocenters. The van der Waals surface area contributed by atoms with Gasteiger partial charge in [0.05, 0.1) is 24.3 Å². The summed E-state index contributed by atoms with van der Waals surface area (Å²) in [4.78, 5) is 13.3. The van der Waals surface area contributed by atoms with Gasteiger partial charge in [0.1, 0.15) is 5.40 Å². The Morgan fingerprint density at radius 3 is 2.56 bits per heavy atom. The van der Waals surface area contributed by atoms with E-state index in [0.717, 1.165) is 22.9 Å². The number of esters is 1. The van der Waals surface area contributed by atoms with Gasteiger partial charge in [-0.25, -0.2) is 0 Å². The van der Waals surface area contributed by atoms with Gasteiger partial charge in [0.15, 0.2) is 4.75 Å². The Hall–Kier alpha value is -2.02. The van der Waals surface area contributed by atoms with Gasteiger partial charge in [0.25, 0.3) is 0 Å².